The normalized spacial score (nSPS) is 18.9. The Hall–Kier alpha value is -3.26. The van der Waals surface area contributed by atoms with E-state index in [1.807, 2.05) is 43.3 Å². The van der Waals surface area contributed by atoms with Gasteiger partial charge in [0.15, 0.2) is 0 Å². The summed E-state index contributed by atoms with van der Waals surface area (Å²) in [6.07, 6.45) is 0. The molecule has 1 fully saturated rings. The van der Waals surface area contributed by atoms with E-state index in [1.165, 1.54) is 11.3 Å². The highest BCUT2D eigenvalue weighted by Crippen LogP contribution is 2.29. The second-order valence-electron chi connectivity index (χ2n) is 7.05. The summed E-state index contributed by atoms with van der Waals surface area (Å²) < 4.78 is 6.24. The number of esters is 1. The molecule has 1 aliphatic heterocycles. The van der Waals surface area contributed by atoms with Gasteiger partial charge in [-0.2, -0.15) is 0 Å². The number of aryl methyl sites for hydroxylation is 1. The smallest absolute Gasteiger partial charge is 0.326 e. The molecule has 0 bridgehead atoms. The molecule has 0 aliphatic carbocycles. The number of aromatic nitrogens is 1. The molecule has 3 amide bonds. The van der Waals surface area contributed by atoms with E-state index in [2.05, 4.69) is 10.3 Å². The summed E-state index contributed by atoms with van der Waals surface area (Å²) in [5, 5.41) is 3.34. The number of fused-ring (bicyclic) bond motifs is 1. The number of benzene rings is 2. The number of urea groups is 1. The van der Waals surface area contributed by atoms with Crippen molar-refractivity contribution in [1.82, 2.24) is 15.2 Å². The Morgan fingerprint density at radius 1 is 1.17 bits per heavy atom. The Bertz CT molecular complexity index is 1080. The van der Waals surface area contributed by atoms with Crippen molar-refractivity contribution in [3.05, 3.63) is 64.7 Å². The van der Waals surface area contributed by atoms with E-state index in [9.17, 15) is 14.4 Å². The fraction of sp³-hybridized carbons (Fsp3) is 0.238. The van der Waals surface area contributed by atoms with Gasteiger partial charge in [-0.15, -0.1) is 11.3 Å². The summed E-state index contributed by atoms with van der Waals surface area (Å²) in [5.74, 6) is -1.15. The second kappa shape index (κ2) is 7.29. The molecule has 7 nitrogen and oxygen atoms in total. The maximum absolute atomic E-state index is 12.9. The van der Waals surface area contributed by atoms with E-state index in [4.69, 9.17) is 4.74 Å². The minimum absolute atomic E-state index is 0.00292. The number of thiazole rings is 1. The number of ether oxygens (including phenoxy) is 1. The first kappa shape index (κ1) is 19.1. The Labute approximate surface area is 171 Å². The average molecular weight is 409 g/mol. The summed E-state index contributed by atoms with van der Waals surface area (Å²) in [5.41, 5.74) is 1.33. The lowest BCUT2D eigenvalue weighted by Gasteiger charge is -2.22. The van der Waals surface area contributed by atoms with Gasteiger partial charge < -0.3 is 10.1 Å². The van der Waals surface area contributed by atoms with Gasteiger partial charge in [0.2, 0.25) is 0 Å². The zero-order chi connectivity index (χ0) is 20.6. The molecule has 2 aromatic carbocycles. The number of nitrogens with zero attached hydrogens (tertiary/aromatic N) is 2. The molecule has 4 rings (SSSR count). The Morgan fingerprint density at radius 3 is 2.62 bits per heavy atom. The first-order valence-electron chi connectivity index (χ1n) is 9.08. The van der Waals surface area contributed by atoms with Crippen LogP contribution in [0.15, 0.2) is 48.5 Å². The molecule has 8 heteroatoms. The molecule has 0 saturated carbocycles. The highest BCUT2D eigenvalue weighted by molar-refractivity contribution is 7.18. The molecule has 3 aromatic rings. The number of para-hydroxylation sites is 1. The Balaban J connectivity index is 1.41. The zero-order valence-corrected chi connectivity index (χ0v) is 16.8. The highest BCUT2D eigenvalue weighted by atomic mass is 32.1. The molecule has 1 aliphatic rings. The van der Waals surface area contributed by atoms with Crippen molar-refractivity contribution in [3.63, 3.8) is 0 Å². The Morgan fingerprint density at radius 2 is 1.90 bits per heavy atom. The third-order valence-corrected chi connectivity index (χ3v) is 5.90. The van der Waals surface area contributed by atoms with Gasteiger partial charge in [-0.3, -0.25) is 14.5 Å². The minimum Gasteiger partial charge on any atom is -0.457 e. The van der Waals surface area contributed by atoms with Gasteiger partial charge in [-0.25, -0.2) is 9.78 Å². The summed E-state index contributed by atoms with van der Waals surface area (Å²) >= 11 is 1.43. The number of nitrogens with one attached hydrogen (secondary N) is 1. The van der Waals surface area contributed by atoms with Crippen molar-refractivity contribution in [2.45, 2.75) is 26.0 Å². The van der Waals surface area contributed by atoms with Crippen LogP contribution in [0.3, 0.4) is 0 Å². The minimum atomic E-state index is -1.21. The van der Waals surface area contributed by atoms with Crippen LogP contribution < -0.4 is 5.32 Å². The average Bonchev–Trinajstić information content (AvgIpc) is 3.21. The lowest BCUT2D eigenvalue weighted by atomic mass is 9.91. The molecule has 1 saturated heterocycles. The number of carbonyl (C=O) groups is 3. The van der Waals surface area contributed by atoms with Gasteiger partial charge in [0.25, 0.3) is 5.91 Å². The third kappa shape index (κ3) is 3.58. The molecule has 1 atom stereocenters. The van der Waals surface area contributed by atoms with Gasteiger partial charge >= 0.3 is 12.0 Å². The van der Waals surface area contributed by atoms with Gasteiger partial charge in [-0.05, 0) is 31.5 Å². The number of amides is 3. The number of hydrogen-bond donors (Lipinski definition) is 1. The van der Waals surface area contributed by atoms with E-state index in [-0.39, 0.29) is 6.61 Å². The van der Waals surface area contributed by atoms with Crippen LogP contribution >= 0.6 is 11.3 Å². The quantitative estimate of drug-likeness (QED) is 0.517. The third-order valence-electron chi connectivity index (χ3n) is 4.89. The monoisotopic (exact) mass is 409 g/mol. The zero-order valence-electron chi connectivity index (χ0n) is 16.0. The first-order chi connectivity index (χ1) is 13.9. The number of carbonyl (C=O) groups excluding carboxylic acids is 3. The van der Waals surface area contributed by atoms with Crippen LogP contribution in [0.2, 0.25) is 0 Å². The molecule has 1 N–H and O–H groups in total. The van der Waals surface area contributed by atoms with Crippen LogP contribution in [0, 0.1) is 6.92 Å². The first-order valence-corrected chi connectivity index (χ1v) is 9.90. The van der Waals surface area contributed by atoms with Crippen LogP contribution in [0.1, 0.15) is 23.1 Å². The predicted octanol–water partition coefficient (Wildman–Crippen LogP) is 3.12. The lowest BCUT2D eigenvalue weighted by molar-refractivity contribution is -0.148. The molecule has 0 spiro atoms. The highest BCUT2D eigenvalue weighted by Gasteiger charge is 2.49. The van der Waals surface area contributed by atoms with E-state index in [0.29, 0.717) is 10.6 Å². The van der Waals surface area contributed by atoms with Gasteiger partial charge in [0.05, 0.1) is 10.2 Å². The van der Waals surface area contributed by atoms with Gasteiger partial charge in [-0.1, -0.05) is 42.0 Å². The number of rotatable bonds is 5. The van der Waals surface area contributed by atoms with E-state index in [1.54, 1.807) is 19.1 Å². The van der Waals surface area contributed by atoms with Crippen molar-refractivity contribution in [3.8, 4) is 0 Å². The number of hydrogen-bond acceptors (Lipinski definition) is 6. The summed E-state index contributed by atoms with van der Waals surface area (Å²) in [4.78, 5) is 42.8. The molecule has 148 valence electrons. The molecule has 2 heterocycles. The molecule has 1 aromatic heterocycles. The van der Waals surface area contributed by atoms with Crippen molar-refractivity contribution < 1.29 is 19.1 Å². The lowest BCUT2D eigenvalue weighted by Crippen LogP contribution is -2.41. The predicted molar refractivity (Wildman–Crippen MR) is 108 cm³/mol. The molecular weight excluding hydrogens is 390 g/mol. The van der Waals surface area contributed by atoms with Crippen LogP contribution in [0.5, 0.6) is 0 Å². The van der Waals surface area contributed by atoms with Crippen LogP contribution in [0.25, 0.3) is 10.2 Å². The molecule has 0 radical (unpaired) electrons. The van der Waals surface area contributed by atoms with Gasteiger partial charge in [0, 0.05) is 0 Å². The van der Waals surface area contributed by atoms with Crippen LogP contribution in [0.4, 0.5) is 4.79 Å². The van der Waals surface area contributed by atoms with Crippen LogP contribution in [-0.2, 0) is 26.5 Å². The van der Waals surface area contributed by atoms with Crippen molar-refractivity contribution in [2.75, 3.05) is 6.54 Å². The topological polar surface area (TPSA) is 88.6 Å². The number of imide groups is 1. The summed E-state index contributed by atoms with van der Waals surface area (Å²) in [6.45, 7) is 3.12. The largest absolute Gasteiger partial charge is 0.457 e. The summed E-state index contributed by atoms with van der Waals surface area (Å²) in [6, 6.07) is 14.3. The molecule has 29 heavy (non-hydrogen) atoms. The maximum Gasteiger partial charge on any atom is 0.326 e. The van der Waals surface area contributed by atoms with E-state index >= 15 is 0 Å². The standard InChI is InChI=1S/C21H19N3O4S/c1-13-7-9-14(10-8-13)21(2)19(26)24(20(27)23-21)11-18(25)28-12-17-22-15-5-3-4-6-16(15)29-17/h3-10H,11-12H2,1-2H3,(H,23,27)/t21-/m1/s1. The Kier molecular flexibility index (Phi) is 4.79. The second-order valence-corrected chi connectivity index (χ2v) is 8.16. The summed E-state index contributed by atoms with van der Waals surface area (Å²) in [7, 11) is 0. The van der Waals surface area contributed by atoms with Crippen molar-refractivity contribution >= 4 is 39.5 Å². The maximum atomic E-state index is 12.9. The fourth-order valence-corrected chi connectivity index (χ4v) is 4.10. The van der Waals surface area contributed by atoms with E-state index < -0.39 is 30.0 Å². The SMILES string of the molecule is Cc1ccc([C@@]2(C)NC(=O)N(CC(=O)OCc3nc4ccccc4s3)C2=O)cc1. The molecular formula is C21H19N3O4S. The van der Waals surface area contributed by atoms with Crippen LogP contribution in [-0.4, -0.2) is 34.3 Å². The van der Waals surface area contributed by atoms with E-state index in [0.717, 1.165) is 20.7 Å². The van der Waals surface area contributed by atoms with Crippen molar-refractivity contribution in [1.29, 1.82) is 0 Å². The van der Waals surface area contributed by atoms with Crippen molar-refractivity contribution in [2.24, 2.45) is 0 Å². The molecule has 0 unspecified atom stereocenters. The van der Waals surface area contributed by atoms with Gasteiger partial charge in [0.1, 0.15) is 23.7 Å². The fourth-order valence-electron chi connectivity index (χ4n) is 3.22.